The van der Waals surface area contributed by atoms with Crippen molar-refractivity contribution in [3.8, 4) is 16.8 Å². The number of hydrogen-bond donors (Lipinski definition) is 0. The predicted molar refractivity (Wildman–Crippen MR) is 226 cm³/mol. The first-order valence-electron chi connectivity index (χ1n) is 17.6. The number of fused-ring (bicyclic) bond motifs is 9. The van der Waals surface area contributed by atoms with E-state index in [4.69, 9.17) is 0 Å². The number of hydrogen-bond acceptors (Lipinski definition) is 2. The number of rotatable bonds is 5. The summed E-state index contributed by atoms with van der Waals surface area (Å²) in [5.74, 6) is 0. The van der Waals surface area contributed by atoms with Crippen LogP contribution in [0.2, 0.25) is 0 Å². The molecule has 0 unspecified atom stereocenters. The molecular weight excluding hydrogens is 716 g/mol. The van der Waals surface area contributed by atoms with E-state index in [2.05, 4.69) is 191 Å². The van der Waals surface area contributed by atoms with Crippen LogP contribution in [0.1, 0.15) is 0 Å². The van der Waals surface area contributed by atoms with Crippen LogP contribution in [0.25, 0.3) is 78.1 Å². The Morgan fingerprint density at radius 2 is 1.10 bits per heavy atom. The van der Waals surface area contributed by atoms with E-state index in [9.17, 15) is 0 Å². The summed E-state index contributed by atoms with van der Waals surface area (Å²) in [6.45, 7) is 0. The Bertz CT molecular complexity index is 3130. The smallest absolute Gasteiger partial charge is 0.0602 e. The second kappa shape index (κ2) is 11.8. The van der Waals surface area contributed by atoms with Gasteiger partial charge >= 0.3 is 218 Å². The van der Waals surface area contributed by atoms with Crippen LogP contribution in [0.15, 0.2) is 182 Å². The molecule has 11 rings (SSSR count). The van der Waals surface area contributed by atoms with Gasteiger partial charge < -0.3 is 4.57 Å². The van der Waals surface area contributed by atoms with Crippen LogP contribution in [0.4, 0.5) is 17.1 Å². The summed E-state index contributed by atoms with van der Waals surface area (Å²) < 4.78 is 7.93. The Kier molecular flexibility index (Phi) is 6.78. The monoisotopic (exact) mass is 746 g/mol. The van der Waals surface area contributed by atoms with Crippen LogP contribution in [-0.2, 0) is 0 Å². The van der Waals surface area contributed by atoms with Crippen LogP contribution in [-0.4, -0.2) is 19.1 Å². The molecule has 3 heterocycles. The van der Waals surface area contributed by atoms with E-state index in [0.29, 0.717) is 14.5 Å². The third-order valence-corrected chi connectivity index (χ3v) is 14.0. The van der Waals surface area contributed by atoms with Gasteiger partial charge in [-0.25, -0.2) is 0 Å². The van der Waals surface area contributed by atoms with Gasteiger partial charge in [0.05, 0.1) is 5.52 Å². The van der Waals surface area contributed by atoms with E-state index in [1.165, 1.54) is 83.8 Å². The van der Waals surface area contributed by atoms with Gasteiger partial charge in [-0.1, -0.05) is 54.6 Å². The molecule has 4 heteroatoms. The van der Waals surface area contributed by atoms with Crippen LogP contribution in [0.3, 0.4) is 0 Å². The summed E-state index contributed by atoms with van der Waals surface area (Å²) in [5, 5.41) is 7.88. The van der Waals surface area contributed by atoms with Crippen LogP contribution in [0.5, 0.6) is 0 Å². The Hall–Kier alpha value is -5.90. The molecule has 244 valence electrons. The van der Waals surface area contributed by atoms with Crippen molar-refractivity contribution in [3.63, 3.8) is 0 Å². The molecule has 0 N–H and O–H groups in total. The van der Waals surface area contributed by atoms with Gasteiger partial charge in [-0.3, -0.25) is 0 Å². The average Bonchev–Trinajstić information content (AvgIpc) is 3.88. The average molecular weight is 746 g/mol. The Morgan fingerprint density at radius 1 is 0.423 bits per heavy atom. The van der Waals surface area contributed by atoms with Crippen molar-refractivity contribution in [3.05, 3.63) is 182 Å². The second-order valence-corrected chi connectivity index (χ2v) is 16.7. The zero-order valence-corrected chi connectivity index (χ0v) is 30.6. The summed E-state index contributed by atoms with van der Waals surface area (Å²) in [6, 6.07) is 67.1. The summed E-state index contributed by atoms with van der Waals surface area (Å²) >= 11 is 2.21. The third-order valence-electron chi connectivity index (χ3n) is 10.4. The maximum atomic E-state index is 2.46. The fraction of sp³-hybridized carbons (Fsp3) is 0. The van der Waals surface area contributed by atoms with E-state index < -0.39 is 0 Å². The van der Waals surface area contributed by atoms with E-state index in [1.54, 1.807) is 0 Å². The molecule has 0 aliphatic carbocycles. The third kappa shape index (κ3) is 4.62. The molecule has 0 saturated heterocycles. The first kappa shape index (κ1) is 29.8. The van der Waals surface area contributed by atoms with Crippen molar-refractivity contribution < 1.29 is 0 Å². The van der Waals surface area contributed by atoms with Gasteiger partial charge in [-0.05, 0) is 24.3 Å². The molecular formula is C48H30N2SSe. The molecule has 0 saturated carbocycles. The molecule has 11 aromatic rings. The zero-order valence-electron chi connectivity index (χ0n) is 28.0. The number of thiophene rings is 1. The minimum atomic E-state index is 0.337. The zero-order chi connectivity index (χ0) is 34.2. The van der Waals surface area contributed by atoms with E-state index >= 15 is 0 Å². The Morgan fingerprint density at radius 3 is 1.98 bits per heavy atom. The van der Waals surface area contributed by atoms with Gasteiger partial charge in [-0.15, -0.1) is 0 Å². The van der Waals surface area contributed by atoms with Gasteiger partial charge in [-0.2, -0.15) is 0 Å². The fourth-order valence-electron chi connectivity index (χ4n) is 8.00. The van der Waals surface area contributed by atoms with Crippen molar-refractivity contribution in [2.24, 2.45) is 0 Å². The molecule has 0 aliphatic rings. The number of anilines is 3. The standard InChI is InChI=1S/C48H30N2SSe/c1-2-11-33(12-3-1)50-42-17-7-4-13-36(42)41-30-35(26-28-43(41)50)49(44-18-10-16-40-37-14-5-8-19-45(37)51-48(40)44)34-24-21-31(22-25-34)32-23-27-39-38-15-6-9-20-46(38)52-47(39)29-32/h1-30H. The van der Waals surface area contributed by atoms with Crippen LogP contribution < -0.4 is 4.90 Å². The molecule has 2 nitrogen and oxygen atoms in total. The molecule has 0 spiro atoms. The first-order valence-corrected chi connectivity index (χ1v) is 20.1. The topological polar surface area (TPSA) is 8.17 Å². The number of aromatic nitrogens is 1. The van der Waals surface area contributed by atoms with Crippen molar-refractivity contribution in [2.75, 3.05) is 4.90 Å². The Balaban J connectivity index is 1.10. The van der Waals surface area contributed by atoms with E-state index in [1.807, 2.05) is 11.3 Å². The maximum absolute atomic E-state index is 2.46. The van der Waals surface area contributed by atoms with E-state index in [-0.39, 0.29) is 0 Å². The molecule has 0 radical (unpaired) electrons. The van der Waals surface area contributed by atoms with Crippen molar-refractivity contribution in [2.45, 2.75) is 0 Å². The summed E-state index contributed by atoms with van der Waals surface area (Å²) in [4.78, 5) is 2.46. The number of benzene rings is 8. The van der Waals surface area contributed by atoms with Gasteiger partial charge in [0, 0.05) is 5.69 Å². The van der Waals surface area contributed by atoms with Crippen molar-refractivity contribution >= 4 is 104 Å². The fourth-order valence-corrected chi connectivity index (χ4v) is 11.6. The van der Waals surface area contributed by atoms with Crippen molar-refractivity contribution in [1.82, 2.24) is 4.57 Å². The molecule has 3 aromatic heterocycles. The molecule has 0 bridgehead atoms. The van der Waals surface area contributed by atoms with Gasteiger partial charge in [0.15, 0.2) is 0 Å². The summed E-state index contributed by atoms with van der Waals surface area (Å²) in [7, 11) is 0. The molecule has 0 aliphatic heterocycles. The van der Waals surface area contributed by atoms with Gasteiger partial charge in [0.1, 0.15) is 0 Å². The number of para-hydroxylation sites is 2. The normalized spacial score (nSPS) is 11.8. The van der Waals surface area contributed by atoms with Crippen LogP contribution >= 0.6 is 11.3 Å². The molecule has 8 aromatic carbocycles. The first-order chi connectivity index (χ1) is 25.8. The molecule has 0 fully saturated rings. The molecule has 52 heavy (non-hydrogen) atoms. The van der Waals surface area contributed by atoms with Crippen LogP contribution in [0, 0.1) is 0 Å². The summed E-state index contributed by atoms with van der Waals surface area (Å²) in [6.07, 6.45) is 0. The molecule has 0 atom stereocenters. The minimum absolute atomic E-state index is 0.337. The minimum Gasteiger partial charge on any atom is -0.0602 e. The number of nitrogens with zero attached hydrogens (tertiary/aromatic N) is 2. The predicted octanol–water partition coefficient (Wildman–Crippen LogP) is 13.7. The molecule has 0 amide bonds. The Labute approximate surface area is 310 Å². The summed E-state index contributed by atoms with van der Waals surface area (Å²) in [5.41, 5.74) is 9.55. The van der Waals surface area contributed by atoms with E-state index in [0.717, 1.165) is 11.4 Å². The van der Waals surface area contributed by atoms with Gasteiger partial charge in [0.25, 0.3) is 0 Å². The SMILES string of the molecule is c1ccc(-n2c3ccccc3c3cc(N(c4ccc(-c5ccc6c(c5)[se]c5ccccc56)cc4)c4cccc5c4sc4ccccc45)ccc32)cc1. The second-order valence-electron chi connectivity index (χ2n) is 13.3. The van der Waals surface area contributed by atoms with Gasteiger partial charge in [0.2, 0.25) is 0 Å². The van der Waals surface area contributed by atoms with Crippen molar-refractivity contribution in [1.29, 1.82) is 0 Å². The quantitative estimate of drug-likeness (QED) is 0.159.